The van der Waals surface area contributed by atoms with Gasteiger partial charge in [0, 0.05) is 12.1 Å². The fourth-order valence-electron chi connectivity index (χ4n) is 2.99. The summed E-state index contributed by atoms with van der Waals surface area (Å²) in [5, 5.41) is 3.45. The monoisotopic (exact) mass is 246 g/mol. The van der Waals surface area contributed by atoms with Crippen LogP contribution >= 0.6 is 0 Å². The predicted octanol–water partition coefficient (Wildman–Crippen LogP) is 2.88. The topological polar surface area (TPSA) is 38.0 Å². The first-order valence-electron chi connectivity index (χ1n) is 7.11. The van der Waals surface area contributed by atoms with Crippen LogP contribution in [0.2, 0.25) is 0 Å². The summed E-state index contributed by atoms with van der Waals surface area (Å²) in [6.07, 6.45) is 3.47. The maximum Gasteiger partial charge on any atom is 0.0347 e. The summed E-state index contributed by atoms with van der Waals surface area (Å²) < 4.78 is 0. The lowest BCUT2D eigenvalue weighted by atomic mass is 9.74. The third-order valence-corrected chi connectivity index (χ3v) is 3.98. The molecule has 1 aliphatic rings. The zero-order chi connectivity index (χ0) is 13.1. The van der Waals surface area contributed by atoms with Crippen molar-refractivity contribution in [1.29, 1.82) is 0 Å². The molecule has 1 aliphatic carbocycles. The van der Waals surface area contributed by atoms with Crippen LogP contribution in [-0.2, 0) is 6.42 Å². The van der Waals surface area contributed by atoms with Crippen LogP contribution in [0.1, 0.15) is 43.9 Å². The van der Waals surface area contributed by atoms with Gasteiger partial charge in [-0.1, -0.05) is 38.1 Å². The highest BCUT2D eigenvalue weighted by Crippen LogP contribution is 2.36. The molecule has 0 spiro atoms. The van der Waals surface area contributed by atoms with Crippen LogP contribution < -0.4 is 11.1 Å². The van der Waals surface area contributed by atoms with Gasteiger partial charge in [-0.25, -0.2) is 0 Å². The van der Waals surface area contributed by atoms with Gasteiger partial charge in [0.05, 0.1) is 0 Å². The first kappa shape index (κ1) is 13.6. The van der Waals surface area contributed by atoms with Gasteiger partial charge in [0.15, 0.2) is 0 Å². The Morgan fingerprint density at radius 1 is 1.22 bits per heavy atom. The lowest BCUT2D eigenvalue weighted by Gasteiger charge is -2.38. The Hall–Kier alpha value is -0.860. The first-order valence-corrected chi connectivity index (χ1v) is 7.11. The van der Waals surface area contributed by atoms with Crippen LogP contribution in [0.4, 0.5) is 0 Å². The second-order valence-electron chi connectivity index (χ2n) is 6.10. The second kappa shape index (κ2) is 5.85. The summed E-state index contributed by atoms with van der Waals surface area (Å²) >= 11 is 0. The molecule has 0 aliphatic heterocycles. The molecule has 1 aromatic rings. The Bertz CT molecular complexity index is 363. The van der Waals surface area contributed by atoms with Crippen molar-refractivity contribution in [2.45, 2.75) is 45.2 Å². The molecular formula is C16H26N2. The second-order valence-corrected chi connectivity index (χ2v) is 6.10. The van der Waals surface area contributed by atoms with Crippen molar-refractivity contribution < 1.29 is 0 Å². The maximum absolute atomic E-state index is 5.89. The fourth-order valence-corrected chi connectivity index (χ4v) is 2.99. The molecule has 18 heavy (non-hydrogen) atoms. The normalized spacial score (nSPS) is 24.9. The Labute approximate surface area is 111 Å². The van der Waals surface area contributed by atoms with Gasteiger partial charge in [-0.15, -0.1) is 0 Å². The lowest BCUT2D eigenvalue weighted by molar-refractivity contribution is 0.204. The van der Waals surface area contributed by atoms with E-state index in [4.69, 9.17) is 5.73 Å². The van der Waals surface area contributed by atoms with Gasteiger partial charge in [0.2, 0.25) is 0 Å². The fraction of sp³-hybridized carbons (Fsp3) is 0.625. The molecule has 2 nitrogen and oxygen atoms in total. The van der Waals surface area contributed by atoms with Gasteiger partial charge in [0.1, 0.15) is 0 Å². The minimum atomic E-state index is 0.422. The molecule has 1 atom stereocenters. The maximum atomic E-state index is 5.89. The first-order chi connectivity index (χ1) is 8.60. The van der Waals surface area contributed by atoms with E-state index in [0.29, 0.717) is 18.0 Å². The summed E-state index contributed by atoms with van der Waals surface area (Å²) in [4.78, 5) is 0. The van der Waals surface area contributed by atoms with Gasteiger partial charge in [-0.3, -0.25) is 0 Å². The molecule has 0 amide bonds. The third-order valence-electron chi connectivity index (χ3n) is 3.98. The molecule has 2 heteroatoms. The van der Waals surface area contributed by atoms with Crippen LogP contribution in [0.5, 0.6) is 0 Å². The molecule has 0 saturated heterocycles. The average Bonchev–Trinajstić information content (AvgIpc) is 2.29. The molecule has 2 rings (SSSR count). The van der Waals surface area contributed by atoms with Crippen LogP contribution in [-0.4, -0.2) is 13.1 Å². The molecule has 0 bridgehead atoms. The van der Waals surface area contributed by atoms with Crippen LogP contribution in [0.25, 0.3) is 0 Å². The number of hydrogen-bond donors (Lipinski definition) is 2. The number of hydrogen-bond acceptors (Lipinski definition) is 2. The van der Waals surface area contributed by atoms with Crippen molar-refractivity contribution in [3.8, 4) is 0 Å². The lowest BCUT2D eigenvalue weighted by Crippen LogP contribution is -2.42. The van der Waals surface area contributed by atoms with Crippen molar-refractivity contribution in [1.82, 2.24) is 5.32 Å². The highest BCUT2D eigenvalue weighted by atomic mass is 14.9. The van der Waals surface area contributed by atoms with Crippen LogP contribution in [0.3, 0.4) is 0 Å². The van der Waals surface area contributed by atoms with Crippen LogP contribution in [0, 0.1) is 11.8 Å². The van der Waals surface area contributed by atoms with Crippen molar-refractivity contribution >= 4 is 0 Å². The number of nitrogens with two attached hydrogens (primary N) is 1. The molecule has 0 heterocycles. The molecule has 1 aromatic carbocycles. The standard InChI is InChI=1S/C16H26N2/c1-11(2)8-12-4-6-13(7-5-12)16(18-3)14-9-15(17)10-14/h4-7,11,14-16,18H,8-10,17H2,1-3H3. The van der Waals surface area contributed by atoms with Crippen molar-refractivity contribution in [3.63, 3.8) is 0 Å². The highest BCUT2D eigenvalue weighted by Gasteiger charge is 2.32. The van der Waals surface area contributed by atoms with E-state index in [2.05, 4.69) is 50.5 Å². The molecule has 3 N–H and O–H groups in total. The molecule has 0 radical (unpaired) electrons. The van der Waals surface area contributed by atoms with Crippen LogP contribution in [0.15, 0.2) is 24.3 Å². The molecule has 1 saturated carbocycles. The Morgan fingerprint density at radius 3 is 2.28 bits per heavy atom. The summed E-state index contributed by atoms with van der Waals surface area (Å²) in [6, 6.07) is 10.0. The molecule has 1 unspecified atom stereocenters. The summed E-state index contributed by atoms with van der Waals surface area (Å²) in [5.74, 6) is 1.43. The molecule has 100 valence electrons. The zero-order valence-corrected chi connectivity index (χ0v) is 11.8. The van der Waals surface area contributed by atoms with E-state index >= 15 is 0 Å². The number of rotatable bonds is 5. The molecule has 1 fully saturated rings. The summed E-state index contributed by atoms with van der Waals surface area (Å²) in [6.45, 7) is 4.53. The summed E-state index contributed by atoms with van der Waals surface area (Å²) in [5.41, 5.74) is 8.73. The van der Waals surface area contributed by atoms with E-state index < -0.39 is 0 Å². The smallest absolute Gasteiger partial charge is 0.0347 e. The van der Waals surface area contributed by atoms with E-state index in [1.165, 1.54) is 17.5 Å². The predicted molar refractivity (Wildman–Crippen MR) is 77.5 cm³/mol. The Kier molecular flexibility index (Phi) is 4.41. The van der Waals surface area contributed by atoms with Crippen molar-refractivity contribution in [2.75, 3.05) is 7.05 Å². The van der Waals surface area contributed by atoms with Gasteiger partial charge in [-0.2, -0.15) is 0 Å². The van der Waals surface area contributed by atoms with E-state index in [1.807, 2.05) is 0 Å². The number of benzene rings is 1. The van der Waals surface area contributed by atoms with Gasteiger partial charge >= 0.3 is 0 Å². The van der Waals surface area contributed by atoms with E-state index in [-0.39, 0.29) is 0 Å². The summed E-state index contributed by atoms with van der Waals surface area (Å²) in [7, 11) is 2.05. The SMILES string of the molecule is CNC(c1ccc(CC(C)C)cc1)C1CC(N)C1. The van der Waals surface area contributed by atoms with Gasteiger partial charge < -0.3 is 11.1 Å². The largest absolute Gasteiger partial charge is 0.328 e. The molecule has 0 aromatic heterocycles. The van der Waals surface area contributed by atoms with Crippen molar-refractivity contribution in [2.24, 2.45) is 17.6 Å². The van der Waals surface area contributed by atoms with E-state index in [0.717, 1.165) is 18.8 Å². The number of nitrogens with one attached hydrogen (secondary N) is 1. The molecular weight excluding hydrogens is 220 g/mol. The van der Waals surface area contributed by atoms with E-state index in [1.54, 1.807) is 0 Å². The quantitative estimate of drug-likeness (QED) is 0.838. The van der Waals surface area contributed by atoms with Gasteiger partial charge in [0.25, 0.3) is 0 Å². The third kappa shape index (κ3) is 3.12. The minimum absolute atomic E-state index is 0.422. The Balaban J connectivity index is 2.03. The zero-order valence-electron chi connectivity index (χ0n) is 11.8. The highest BCUT2D eigenvalue weighted by molar-refractivity contribution is 5.26. The van der Waals surface area contributed by atoms with E-state index in [9.17, 15) is 0 Å². The van der Waals surface area contributed by atoms with Gasteiger partial charge in [-0.05, 0) is 49.3 Å². The Morgan fingerprint density at radius 2 is 1.83 bits per heavy atom. The average molecular weight is 246 g/mol. The minimum Gasteiger partial charge on any atom is -0.328 e. The van der Waals surface area contributed by atoms with Crippen molar-refractivity contribution in [3.05, 3.63) is 35.4 Å².